The Morgan fingerprint density at radius 3 is 2.68 bits per heavy atom. The van der Waals surface area contributed by atoms with Crippen LogP contribution in [0, 0.1) is 23.0 Å². The van der Waals surface area contributed by atoms with Gasteiger partial charge in [-0.15, -0.1) is 0 Å². The van der Waals surface area contributed by atoms with E-state index in [9.17, 15) is 10.1 Å². The molecule has 0 amide bonds. The van der Waals surface area contributed by atoms with E-state index in [0.717, 1.165) is 36.8 Å². The summed E-state index contributed by atoms with van der Waals surface area (Å²) in [7, 11) is 0. The molecule has 3 rings (SSSR count). The Bertz CT molecular complexity index is 868. The van der Waals surface area contributed by atoms with Crippen LogP contribution in [0.4, 0.5) is 17.5 Å². The van der Waals surface area contributed by atoms with E-state index in [1.165, 1.54) is 0 Å². The van der Waals surface area contributed by atoms with Crippen LogP contribution in [0.5, 0.6) is 0 Å². The van der Waals surface area contributed by atoms with E-state index in [2.05, 4.69) is 15.3 Å². The van der Waals surface area contributed by atoms with E-state index < -0.39 is 4.92 Å². The molecule has 0 radical (unpaired) electrons. The molecule has 150 valence electrons. The van der Waals surface area contributed by atoms with Crippen molar-refractivity contribution in [3.8, 4) is 0 Å². The zero-order valence-corrected chi connectivity index (χ0v) is 16.6. The molecular weight excluding hydrogens is 380 g/mol. The lowest BCUT2D eigenvalue weighted by Gasteiger charge is -2.25. The van der Waals surface area contributed by atoms with Crippen LogP contribution >= 0.6 is 11.6 Å². The number of benzene rings is 1. The molecule has 0 unspecified atom stereocenters. The minimum Gasteiger partial charge on any atom is -0.378 e. The summed E-state index contributed by atoms with van der Waals surface area (Å²) >= 11 is 6.16. The Morgan fingerprint density at radius 1 is 1.29 bits per heavy atom. The molecule has 1 heterocycles. The van der Waals surface area contributed by atoms with Gasteiger partial charge in [-0.05, 0) is 62.1 Å². The summed E-state index contributed by atoms with van der Waals surface area (Å²) in [5, 5.41) is 15.3. The minimum absolute atomic E-state index is 0.118. The van der Waals surface area contributed by atoms with Crippen molar-refractivity contribution >= 4 is 29.1 Å². The molecule has 5 N–H and O–H groups in total. The summed E-state index contributed by atoms with van der Waals surface area (Å²) in [6.45, 7) is 2.38. The second-order valence-corrected chi connectivity index (χ2v) is 7.75. The Kier molecular flexibility index (Phi) is 6.31. The van der Waals surface area contributed by atoms with Crippen molar-refractivity contribution in [1.82, 2.24) is 9.97 Å². The summed E-state index contributed by atoms with van der Waals surface area (Å²) in [4.78, 5) is 19.5. The molecule has 8 nitrogen and oxygen atoms in total. The van der Waals surface area contributed by atoms with Gasteiger partial charge < -0.3 is 16.8 Å². The molecule has 28 heavy (non-hydrogen) atoms. The Morgan fingerprint density at radius 2 is 2.00 bits per heavy atom. The molecule has 0 atom stereocenters. The average molecular weight is 405 g/mol. The number of rotatable bonds is 6. The molecule has 9 heteroatoms. The largest absolute Gasteiger partial charge is 0.378 e. The summed E-state index contributed by atoms with van der Waals surface area (Å²) in [6, 6.07) is 5.88. The number of nitrogens with one attached hydrogen (secondary N) is 1. The van der Waals surface area contributed by atoms with Crippen LogP contribution in [0.1, 0.15) is 42.5 Å². The summed E-state index contributed by atoms with van der Waals surface area (Å²) < 4.78 is 0. The van der Waals surface area contributed by atoms with Crippen molar-refractivity contribution in [2.45, 2.75) is 51.6 Å². The molecule has 1 aliphatic carbocycles. The van der Waals surface area contributed by atoms with Gasteiger partial charge in [0.05, 0.1) is 4.92 Å². The fourth-order valence-corrected chi connectivity index (χ4v) is 3.82. The second kappa shape index (κ2) is 8.70. The smallest absolute Gasteiger partial charge is 0.332 e. The van der Waals surface area contributed by atoms with Crippen LogP contribution < -0.4 is 16.8 Å². The van der Waals surface area contributed by atoms with Gasteiger partial charge in [0.15, 0.2) is 0 Å². The maximum Gasteiger partial charge on any atom is 0.332 e. The normalized spacial score (nSPS) is 19.4. The first-order valence-corrected chi connectivity index (χ1v) is 9.77. The van der Waals surface area contributed by atoms with Gasteiger partial charge in [-0.2, -0.15) is 4.98 Å². The molecule has 0 spiro atoms. The van der Waals surface area contributed by atoms with Crippen LogP contribution in [0.25, 0.3) is 0 Å². The van der Waals surface area contributed by atoms with E-state index in [1.54, 1.807) is 0 Å². The zero-order valence-electron chi connectivity index (χ0n) is 15.8. The van der Waals surface area contributed by atoms with Crippen LogP contribution in [0.3, 0.4) is 0 Å². The third-order valence-electron chi connectivity index (χ3n) is 5.36. The van der Waals surface area contributed by atoms with Gasteiger partial charge in [-0.3, -0.25) is 10.1 Å². The number of halogens is 1. The lowest BCUT2D eigenvalue weighted by Crippen LogP contribution is -2.27. The van der Waals surface area contributed by atoms with Crippen LogP contribution in [0.15, 0.2) is 18.2 Å². The molecule has 1 aromatic carbocycles. The predicted molar refractivity (Wildman–Crippen MR) is 110 cm³/mol. The SMILES string of the molecule is Cc1c(Cl)cccc1CNc1nc(N)c([N+](=O)[O-])c(C[C@H]2CC[C@H](N)CC2)n1. The topological polar surface area (TPSA) is 133 Å². The third-order valence-corrected chi connectivity index (χ3v) is 5.77. The van der Waals surface area contributed by atoms with Gasteiger partial charge in [0.25, 0.3) is 0 Å². The first-order chi connectivity index (χ1) is 13.3. The van der Waals surface area contributed by atoms with Crippen molar-refractivity contribution in [2.75, 3.05) is 11.1 Å². The third kappa shape index (κ3) is 4.69. The number of nitro groups is 1. The molecule has 0 bridgehead atoms. The first kappa shape index (κ1) is 20.3. The number of hydrogen-bond acceptors (Lipinski definition) is 7. The molecule has 1 fully saturated rings. The molecule has 1 aliphatic rings. The van der Waals surface area contributed by atoms with Crippen molar-refractivity contribution in [2.24, 2.45) is 11.7 Å². The highest BCUT2D eigenvalue weighted by molar-refractivity contribution is 6.31. The Balaban J connectivity index is 1.81. The molecule has 0 aliphatic heterocycles. The number of aromatic nitrogens is 2. The van der Waals surface area contributed by atoms with Gasteiger partial charge in [-0.1, -0.05) is 23.7 Å². The predicted octanol–water partition coefficient (Wildman–Crippen LogP) is 3.60. The molecule has 2 aromatic rings. The maximum absolute atomic E-state index is 11.5. The number of anilines is 2. The van der Waals surface area contributed by atoms with Crippen LogP contribution in [-0.4, -0.2) is 20.9 Å². The monoisotopic (exact) mass is 404 g/mol. The quantitative estimate of drug-likeness (QED) is 0.494. The van der Waals surface area contributed by atoms with Crippen molar-refractivity contribution in [3.05, 3.63) is 50.2 Å². The fraction of sp³-hybridized carbons (Fsp3) is 0.474. The van der Waals surface area contributed by atoms with Crippen molar-refractivity contribution < 1.29 is 4.92 Å². The summed E-state index contributed by atoms with van der Waals surface area (Å²) in [5.74, 6) is 0.480. The van der Waals surface area contributed by atoms with Gasteiger partial charge >= 0.3 is 5.69 Å². The zero-order chi connectivity index (χ0) is 20.3. The molecule has 1 aromatic heterocycles. The Hall–Kier alpha value is -2.45. The first-order valence-electron chi connectivity index (χ1n) is 9.39. The fourth-order valence-electron chi connectivity index (χ4n) is 3.62. The lowest BCUT2D eigenvalue weighted by atomic mass is 9.83. The number of nitrogens with zero attached hydrogens (tertiary/aromatic N) is 3. The van der Waals surface area contributed by atoms with E-state index in [0.29, 0.717) is 29.6 Å². The van der Waals surface area contributed by atoms with Crippen molar-refractivity contribution in [1.29, 1.82) is 0 Å². The number of hydrogen-bond donors (Lipinski definition) is 3. The maximum atomic E-state index is 11.5. The highest BCUT2D eigenvalue weighted by Crippen LogP contribution is 2.32. The number of nitrogens with two attached hydrogens (primary N) is 2. The highest BCUT2D eigenvalue weighted by Gasteiger charge is 2.27. The highest BCUT2D eigenvalue weighted by atomic mass is 35.5. The van der Waals surface area contributed by atoms with Crippen LogP contribution in [0.2, 0.25) is 5.02 Å². The van der Waals surface area contributed by atoms with E-state index >= 15 is 0 Å². The van der Waals surface area contributed by atoms with E-state index in [-0.39, 0.29) is 23.5 Å². The summed E-state index contributed by atoms with van der Waals surface area (Å²) in [6.07, 6.45) is 4.23. The minimum atomic E-state index is -0.496. The Labute approximate surface area is 168 Å². The summed E-state index contributed by atoms with van der Waals surface area (Å²) in [5.41, 5.74) is 14.0. The average Bonchev–Trinajstić information content (AvgIpc) is 2.64. The number of nitrogen functional groups attached to an aromatic ring is 1. The second-order valence-electron chi connectivity index (χ2n) is 7.35. The van der Waals surface area contributed by atoms with Crippen LogP contribution in [-0.2, 0) is 13.0 Å². The standard InChI is InChI=1S/C19H25ClN6O2/c1-11-13(3-2-4-15(11)20)10-23-19-24-16(17(26(27)28)18(22)25-19)9-12-5-7-14(21)8-6-12/h2-4,12,14H,5-10,21H2,1H3,(H3,22,23,24,25)/t12-,14-. The van der Waals surface area contributed by atoms with E-state index in [4.69, 9.17) is 23.1 Å². The van der Waals surface area contributed by atoms with Gasteiger partial charge in [0.1, 0.15) is 5.69 Å². The lowest BCUT2D eigenvalue weighted by molar-refractivity contribution is -0.385. The van der Waals surface area contributed by atoms with Gasteiger partial charge in [0, 0.05) is 17.6 Å². The molecule has 1 saturated carbocycles. The van der Waals surface area contributed by atoms with Gasteiger partial charge in [0.2, 0.25) is 11.8 Å². The molecule has 0 saturated heterocycles. The van der Waals surface area contributed by atoms with Gasteiger partial charge in [-0.25, -0.2) is 4.98 Å². The van der Waals surface area contributed by atoms with E-state index in [1.807, 2.05) is 25.1 Å². The van der Waals surface area contributed by atoms with Crippen molar-refractivity contribution in [3.63, 3.8) is 0 Å². The molecular formula is C19H25ClN6O2.